The van der Waals surface area contributed by atoms with E-state index in [0.29, 0.717) is 16.7 Å². The summed E-state index contributed by atoms with van der Waals surface area (Å²) in [5.41, 5.74) is 4.09. The van der Waals surface area contributed by atoms with Crippen molar-refractivity contribution in [2.24, 2.45) is 40.4 Å². The summed E-state index contributed by atoms with van der Waals surface area (Å²) in [6.45, 7) is 12.2. The molecular weight excluding hydrogens is 340 g/mol. The topological polar surface area (TPSA) is 20.2 Å². The van der Waals surface area contributed by atoms with Crippen LogP contribution >= 0.6 is 0 Å². The summed E-state index contributed by atoms with van der Waals surface area (Å²) in [5, 5.41) is 10.2. The van der Waals surface area contributed by atoms with Crippen molar-refractivity contribution >= 4 is 0 Å². The average molecular weight is 383 g/mol. The molecule has 1 nitrogen and oxygen atoms in total. The van der Waals surface area contributed by atoms with E-state index in [1.165, 1.54) is 44.1 Å². The largest absolute Gasteiger partial charge is 0.393 e. The van der Waals surface area contributed by atoms with Gasteiger partial charge in [-0.1, -0.05) is 70.1 Å². The summed E-state index contributed by atoms with van der Waals surface area (Å²) in [6.07, 6.45) is 19.6. The number of hydrogen-bond acceptors (Lipinski definition) is 1. The molecule has 0 aromatic heterocycles. The Morgan fingerprint density at radius 2 is 1.82 bits per heavy atom. The molecule has 0 aromatic rings. The maximum Gasteiger partial charge on any atom is 0.0578 e. The Hall–Kier alpha value is -0.820. The van der Waals surface area contributed by atoms with Crippen LogP contribution in [0.1, 0.15) is 86.0 Å². The van der Waals surface area contributed by atoms with Gasteiger partial charge >= 0.3 is 0 Å². The van der Waals surface area contributed by atoms with Crippen LogP contribution in [0, 0.1) is 40.4 Å². The molecule has 4 aliphatic rings. The molecule has 3 saturated carbocycles. The van der Waals surface area contributed by atoms with Gasteiger partial charge in [0.15, 0.2) is 0 Å². The minimum absolute atomic E-state index is 0.113. The molecule has 4 rings (SSSR count). The average Bonchev–Trinajstić information content (AvgIpc) is 2.99. The van der Waals surface area contributed by atoms with Crippen LogP contribution in [0.4, 0.5) is 0 Å². The minimum Gasteiger partial charge on any atom is -0.393 e. The van der Waals surface area contributed by atoms with E-state index in [0.717, 1.165) is 36.5 Å². The fourth-order valence-corrected chi connectivity index (χ4v) is 7.59. The molecule has 1 heteroatoms. The predicted molar refractivity (Wildman–Crippen MR) is 119 cm³/mol. The van der Waals surface area contributed by atoms with Crippen molar-refractivity contribution in [3.05, 3.63) is 35.5 Å². The fraction of sp³-hybridized carbons (Fsp3) is 0.778. The number of fused-ring (bicyclic) bond motifs is 5. The van der Waals surface area contributed by atoms with Crippen molar-refractivity contribution in [1.82, 2.24) is 0 Å². The molecule has 0 aromatic carbocycles. The van der Waals surface area contributed by atoms with Gasteiger partial charge in [-0.3, -0.25) is 0 Å². The van der Waals surface area contributed by atoms with Gasteiger partial charge in [0.2, 0.25) is 0 Å². The van der Waals surface area contributed by atoms with Crippen molar-refractivity contribution in [3.8, 4) is 0 Å². The molecule has 0 heterocycles. The number of hydrogen-bond donors (Lipinski definition) is 1. The Morgan fingerprint density at radius 1 is 1.04 bits per heavy atom. The van der Waals surface area contributed by atoms with Gasteiger partial charge in [-0.2, -0.15) is 0 Å². The summed E-state index contributed by atoms with van der Waals surface area (Å²) < 4.78 is 0. The van der Waals surface area contributed by atoms with E-state index in [1.807, 2.05) is 0 Å². The second-order valence-corrected chi connectivity index (χ2v) is 11.4. The molecule has 0 saturated heterocycles. The third-order valence-corrected chi connectivity index (χ3v) is 9.30. The highest BCUT2D eigenvalue weighted by atomic mass is 16.3. The number of allylic oxidation sites excluding steroid dienone is 5. The Labute approximate surface area is 173 Å². The van der Waals surface area contributed by atoms with Crippen molar-refractivity contribution < 1.29 is 5.11 Å². The van der Waals surface area contributed by atoms with E-state index in [4.69, 9.17) is 0 Å². The Morgan fingerprint density at radius 3 is 2.57 bits per heavy atom. The summed E-state index contributed by atoms with van der Waals surface area (Å²) in [7, 11) is 0. The Balaban J connectivity index is 1.57. The van der Waals surface area contributed by atoms with Crippen LogP contribution in [0.25, 0.3) is 0 Å². The summed E-state index contributed by atoms with van der Waals surface area (Å²) in [6, 6.07) is 0. The lowest BCUT2D eigenvalue weighted by Gasteiger charge is -2.55. The van der Waals surface area contributed by atoms with Gasteiger partial charge in [0, 0.05) is 0 Å². The first-order valence-corrected chi connectivity index (χ1v) is 12.0. The van der Waals surface area contributed by atoms with E-state index >= 15 is 0 Å². The smallest absolute Gasteiger partial charge is 0.0578 e. The van der Waals surface area contributed by atoms with Gasteiger partial charge in [0.25, 0.3) is 0 Å². The zero-order valence-corrected chi connectivity index (χ0v) is 18.9. The van der Waals surface area contributed by atoms with E-state index in [9.17, 15) is 5.11 Å². The van der Waals surface area contributed by atoms with Gasteiger partial charge in [0.05, 0.1) is 6.10 Å². The zero-order chi connectivity index (χ0) is 20.1. The SMILES string of the molecule is CC(C)C/C=C/[C@H](C)[C@H]1CC[C@@H]2C3=CC=C4C[C@@H](O)CC[C@]4(C)[C@@H]3CC[C@@]21C. The van der Waals surface area contributed by atoms with E-state index in [1.54, 1.807) is 5.57 Å². The number of aliphatic hydroxyl groups excluding tert-OH is 1. The van der Waals surface area contributed by atoms with Crippen molar-refractivity contribution in [2.75, 3.05) is 0 Å². The molecule has 0 bridgehead atoms. The molecule has 1 N–H and O–H groups in total. The summed E-state index contributed by atoms with van der Waals surface area (Å²) in [5.74, 6) is 3.78. The van der Waals surface area contributed by atoms with E-state index in [-0.39, 0.29) is 6.10 Å². The zero-order valence-electron chi connectivity index (χ0n) is 18.9. The Kier molecular flexibility index (Phi) is 5.45. The molecule has 28 heavy (non-hydrogen) atoms. The van der Waals surface area contributed by atoms with Crippen molar-refractivity contribution in [3.63, 3.8) is 0 Å². The van der Waals surface area contributed by atoms with Crippen molar-refractivity contribution in [1.29, 1.82) is 0 Å². The van der Waals surface area contributed by atoms with Crippen LogP contribution in [0.2, 0.25) is 0 Å². The molecule has 0 amide bonds. The predicted octanol–water partition coefficient (Wildman–Crippen LogP) is 7.08. The second kappa shape index (κ2) is 7.46. The van der Waals surface area contributed by atoms with Crippen LogP contribution in [0.5, 0.6) is 0 Å². The number of rotatable bonds is 4. The van der Waals surface area contributed by atoms with Crippen LogP contribution < -0.4 is 0 Å². The van der Waals surface area contributed by atoms with Gasteiger partial charge in [-0.05, 0) is 91.8 Å². The van der Waals surface area contributed by atoms with Crippen LogP contribution in [-0.4, -0.2) is 11.2 Å². The van der Waals surface area contributed by atoms with E-state index < -0.39 is 0 Å². The molecule has 3 fully saturated rings. The third-order valence-electron chi connectivity index (χ3n) is 9.30. The molecular formula is C27H42O. The first-order valence-electron chi connectivity index (χ1n) is 12.0. The lowest BCUT2D eigenvalue weighted by Crippen LogP contribution is -2.46. The highest BCUT2D eigenvalue weighted by molar-refractivity contribution is 5.39. The standard InChI is InChI=1S/C27H42O/c1-18(2)7-6-8-19(3)23-11-12-24-22-10-9-20-17-21(28)13-15-26(20,4)25(22)14-16-27(23,24)5/h6,8-10,18-19,21,23-25,28H,7,11-17H2,1-5H3/b8-6+/t19-,21-,23+,24+,25+,26-,27+/m0/s1. The first kappa shape index (κ1) is 20.5. The molecule has 7 atom stereocenters. The molecule has 0 radical (unpaired) electrons. The van der Waals surface area contributed by atoms with Gasteiger partial charge in [-0.15, -0.1) is 0 Å². The fourth-order valence-electron chi connectivity index (χ4n) is 7.59. The number of aliphatic hydroxyl groups is 1. The van der Waals surface area contributed by atoms with E-state index in [2.05, 4.69) is 58.9 Å². The lowest BCUT2D eigenvalue weighted by atomic mass is 9.50. The normalized spacial score (nSPS) is 44.0. The van der Waals surface area contributed by atoms with Gasteiger partial charge in [-0.25, -0.2) is 0 Å². The van der Waals surface area contributed by atoms with Crippen molar-refractivity contribution in [2.45, 2.75) is 92.1 Å². The minimum atomic E-state index is -0.113. The highest BCUT2D eigenvalue weighted by Gasteiger charge is 2.56. The van der Waals surface area contributed by atoms with Crippen LogP contribution in [0.15, 0.2) is 35.5 Å². The summed E-state index contributed by atoms with van der Waals surface area (Å²) >= 11 is 0. The molecule has 0 aliphatic heterocycles. The third kappa shape index (κ3) is 3.26. The monoisotopic (exact) mass is 382 g/mol. The van der Waals surface area contributed by atoms with Crippen LogP contribution in [0.3, 0.4) is 0 Å². The quantitative estimate of drug-likeness (QED) is 0.515. The maximum atomic E-state index is 10.2. The highest BCUT2D eigenvalue weighted by Crippen LogP contribution is 2.65. The van der Waals surface area contributed by atoms with Crippen LogP contribution in [-0.2, 0) is 0 Å². The lowest BCUT2D eigenvalue weighted by molar-refractivity contribution is 0.0383. The molecule has 0 unspecified atom stereocenters. The molecule has 0 spiro atoms. The first-order chi connectivity index (χ1) is 13.3. The summed E-state index contributed by atoms with van der Waals surface area (Å²) in [4.78, 5) is 0. The Bertz CT molecular complexity index is 682. The second-order valence-electron chi connectivity index (χ2n) is 11.4. The van der Waals surface area contributed by atoms with Gasteiger partial charge in [0.1, 0.15) is 0 Å². The van der Waals surface area contributed by atoms with Gasteiger partial charge < -0.3 is 5.11 Å². The maximum absolute atomic E-state index is 10.2. The molecule has 156 valence electrons. The molecule has 4 aliphatic carbocycles.